The highest BCUT2D eigenvalue weighted by Gasteiger charge is 2.23. The molecule has 0 atom stereocenters. The molecule has 1 saturated heterocycles. The number of benzene rings is 1. The lowest BCUT2D eigenvalue weighted by atomic mass is 10.2. The smallest absolute Gasteiger partial charge is 0.275 e. The number of aliphatic hydroxyl groups is 1. The molecule has 2 fully saturated rings. The maximum atomic E-state index is 15.0. The first-order valence-electron chi connectivity index (χ1n) is 11.9. The quantitative estimate of drug-likeness (QED) is 0.507. The number of piperazine rings is 1. The van der Waals surface area contributed by atoms with Crippen LogP contribution in [-0.4, -0.2) is 63.9 Å². The van der Waals surface area contributed by atoms with Crippen molar-refractivity contribution in [1.82, 2.24) is 19.4 Å². The van der Waals surface area contributed by atoms with Crippen molar-refractivity contribution < 1.29 is 9.50 Å². The molecule has 3 heterocycles. The van der Waals surface area contributed by atoms with Crippen molar-refractivity contribution in [3.63, 3.8) is 0 Å². The zero-order valence-electron chi connectivity index (χ0n) is 19.1. The molecule has 34 heavy (non-hydrogen) atoms. The molecule has 0 unspecified atom stereocenters. The highest BCUT2D eigenvalue weighted by Crippen LogP contribution is 2.31. The first kappa shape index (κ1) is 22.5. The van der Waals surface area contributed by atoms with Gasteiger partial charge in [-0.2, -0.15) is 4.98 Å². The van der Waals surface area contributed by atoms with Gasteiger partial charge in [-0.1, -0.05) is 12.8 Å². The number of nitrogens with zero attached hydrogens (tertiary/aromatic N) is 5. The third-order valence-corrected chi connectivity index (χ3v) is 6.82. The van der Waals surface area contributed by atoms with E-state index < -0.39 is 0 Å². The molecule has 1 saturated carbocycles. The Kier molecular flexibility index (Phi) is 6.34. The van der Waals surface area contributed by atoms with Crippen LogP contribution in [-0.2, 0) is 0 Å². The number of halogens is 1. The number of aliphatic hydroxyl groups excluding tert-OH is 1. The zero-order valence-corrected chi connectivity index (χ0v) is 19.1. The summed E-state index contributed by atoms with van der Waals surface area (Å²) in [7, 11) is 0. The van der Waals surface area contributed by atoms with Crippen LogP contribution in [0.5, 0.6) is 0 Å². The van der Waals surface area contributed by atoms with E-state index in [-0.39, 0.29) is 29.7 Å². The maximum absolute atomic E-state index is 15.0. The monoisotopic (exact) mass is 467 g/mol. The summed E-state index contributed by atoms with van der Waals surface area (Å²) in [4.78, 5) is 26.0. The summed E-state index contributed by atoms with van der Waals surface area (Å²) in [6.07, 6.45) is 5.64. The van der Waals surface area contributed by atoms with Crippen LogP contribution in [0.3, 0.4) is 0 Å². The van der Waals surface area contributed by atoms with E-state index >= 15 is 0 Å². The predicted octanol–water partition coefficient (Wildman–Crippen LogP) is 2.49. The van der Waals surface area contributed by atoms with Gasteiger partial charge >= 0.3 is 0 Å². The van der Waals surface area contributed by atoms with Gasteiger partial charge in [0.2, 0.25) is 5.95 Å². The largest absolute Gasteiger partial charge is 0.395 e. The molecular weight excluding hydrogens is 437 g/mol. The third-order valence-electron chi connectivity index (χ3n) is 6.82. The van der Waals surface area contributed by atoms with Crippen molar-refractivity contribution in [2.75, 3.05) is 55.3 Å². The predicted molar refractivity (Wildman–Crippen MR) is 131 cm³/mol. The second kappa shape index (κ2) is 9.55. The minimum Gasteiger partial charge on any atom is -0.395 e. The number of anilines is 4. The number of fused-ring (bicyclic) bond motifs is 1. The Balaban J connectivity index is 1.38. The Hall–Kier alpha value is -3.24. The Morgan fingerprint density at radius 3 is 2.62 bits per heavy atom. The van der Waals surface area contributed by atoms with Gasteiger partial charge in [-0.15, -0.1) is 0 Å². The molecule has 1 aliphatic heterocycles. The van der Waals surface area contributed by atoms with Gasteiger partial charge in [0, 0.05) is 56.0 Å². The maximum Gasteiger partial charge on any atom is 0.275 e. The number of nitrogens with one attached hydrogen (secondary N) is 1. The molecule has 0 radical (unpaired) electrons. The van der Waals surface area contributed by atoms with Gasteiger partial charge < -0.3 is 21.1 Å². The number of hydrogen-bond acceptors (Lipinski definition) is 8. The first-order valence-corrected chi connectivity index (χ1v) is 11.9. The molecule has 4 N–H and O–H groups in total. The number of β-amino-alcohol motifs (C(OH)–C–C–N with tert-alkyl or cyclic N) is 1. The van der Waals surface area contributed by atoms with E-state index in [0.29, 0.717) is 48.0 Å². The summed E-state index contributed by atoms with van der Waals surface area (Å²) in [6, 6.07) is 6.70. The Bertz CT molecular complexity index is 1230. The summed E-state index contributed by atoms with van der Waals surface area (Å²) in [5.41, 5.74) is 7.57. The number of rotatable bonds is 6. The van der Waals surface area contributed by atoms with Gasteiger partial charge in [-0.25, -0.2) is 9.37 Å². The first-order chi connectivity index (χ1) is 16.5. The van der Waals surface area contributed by atoms with E-state index in [1.165, 1.54) is 6.07 Å². The molecule has 2 aliphatic rings. The Morgan fingerprint density at radius 2 is 1.91 bits per heavy atom. The molecule has 0 amide bonds. The fraction of sp³-hybridized carbons (Fsp3) is 0.458. The topological polar surface area (TPSA) is 113 Å². The van der Waals surface area contributed by atoms with Gasteiger partial charge in [0.1, 0.15) is 11.5 Å². The highest BCUT2D eigenvalue weighted by molar-refractivity contribution is 5.79. The van der Waals surface area contributed by atoms with Gasteiger partial charge in [-0.3, -0.25) is 14.3 Å². The summed E-state index contributed by atoms with van der Waals surface area (Å²) >= 11 is 0. The summed E-state index contributed by atoms with van der Waals surface area (Å²) < 4.78 is 16.7. The van der Waals surface area contributed by atoms with Gasteiger partial charge in [0.05, 0.1) is 18.0 Å². The van der Waals surface area contributed by atoms with E-state index in [4.69, 9.17) is 10.8 Å². The molecule has 5 rings (SSSR count). The third kappa shape index (κ3) is 4.43. The van der Waals surface area contributed by atoms with Crippen LogP contribution in [0.1, 0.15) is 31.7 Å². The molecule has 2 aromatic heterocycles. The second-order valence-corrected chi connectivity index (χ2v) is 9.03. The van der Waals surface area contributed by atoms with Crippen LogP contribution >= 0.6 is 0 Å². The molecule has 3 aromatic rings. The summed E-state index contributed by atoms with van der Waals surface area (Å²) in [5.74, 6) is -0.0229. The summed E-state index contributed by atoms with van der Waals surface area (Å²) in [6.45, 7) is 3.77. The fourth-order valence-electron chi connectivity index (χ4n) is 5.03. The van der Waals surface area contributed by atoms with Crippen molar-refractivity contribution in [3.05, 3.63) is 46.6 Å². The van der Waals surface area contributed by atoms with Crippen LogP contribution in [0.2, 0.25) is 0 Å². The number of nitrogen functional groups attached to an aromatic ring is 1. The normalized spacial score (nSPS) is 17.5. The van der Waals surface area contributed by atoms with E-state index in [1.54, 1.807) is 29.0 Å². The fourth-order valence-corrected chi connectivity index (χ4v) is 5.03. The Labute approximate surface area is 197 Å². The molecule has 0 spiro atoms. The lowest BCUT2D eigenvalue weighted by Gasteiger charge is -2.36. The van der Waals surface area contributed by atoms with Gasteiger partial charge in [0.25, 0.3) is 5.56 Å². The van der Waals surface area contributed by atoms with Crippen LogP contribution in [0.15, 0.2) is 35.3 Å². The van der Waals surface area contributed by atoms with Crippen molar-refractivity contribution in [3.8, 4) is 0 Å². The molecule has 1 aliphatic carbocycles. The molecular formula is C24H30FN7O2. The van der Waals surface area contributed by atoms with E-state index in [9.17, 15) is 9.18 Å². The van der Waals surface area contributed by atoms with Crippen LogP contribution in [0.25, 0.3) is 11.0 Å². The van der Waals surface area contributed by atoms with Crippen LogP contribution < -0.4 is 21.5 Å². The van der Waals surface area contributed by atoms with Crippen molar-refractivity contribution in [2.45, 2.75) is 31.7 Å². The van der Waals surface area contributed by atoms with E-state index in [0.717, 1.165) is 38.8 Å². The molecule has 1 aromatic carbocycles. The molecule has 10 heteroatoms. The average Bonchev–Trinajstić information content (AvgIpc) is 3.36. The SMILES string of the molecule is Nc1cc2cnc(Nc3ccc(N4CCN(CCO)CC4)c(F)c3)nc2n(C2CCCC2)c1=O. The van der Waals surface area contributed by atoms with E-state index in [2.05, 4.69) is 20.2 Å². The number of hydrogen-bond donors (Lipinski definition) is 3. The summed E-state index contributed by atoms with van der Waals surface area (Å²) in [5, 5.41) is 12.9. The lowest BCUT2D eigenvalue weighted by molar-refractivity contribution is 0.188. The lowest BCUT2D eigenvalue weighted by Crippen LogP contribution is -2.47. The molecule has 9 nitrogen and oxygen atoms in total. The molecule has 0 bridgehead atoms. The Morgan fingerprint density at radius 1 is 1.15 bits per heavy atom. The van der Waals surface area contributed by atoms with Gasteiger partial charge in [-0.05, 0) is 37.1 Å². The van der Waals surface area contributed by atoms with Crippen molar-refractivity contribution in [2.24, 2.45) is 0 Å². The average molecular weight is 468 g/mol. The van der Waals surface area contributed by atoms with Gasteiger partial charge in [0.15, 0.2) is 0 Å². The minimum atomic E-state index is -0.322. The highest BCUT2D eigenvalue weighted by atomic mass is 19.1. The standard InChI is InChI=1S/C24H30FN7O2/c25-19-14-17(5-6-21(19)31-9-7-30(8-10-31)11-12-33)28-24-27-15-16-13-20(26)23(34)32(22(16)29-24)18-3-1-2-4-18/h5-6,13-15,18,33H,1-4,7-12,26H2,(H,27,28,29). The zero-order chi connectivity index (χ0) is 23.7. The van der Waals surface area contributed by atoms with E-state index in [1.807, 2.05) is 4.90 Å². The van der Waals surface area contributed by atoms with Crippen molar-refractivity contribution in [1.29, 1.82) is 0 Å². The number of aromatic nitrogens is 3. The number of pyridine rings is 1. The van der Waals surface area contributed by atoms with Crippen molar-refractivity contribution >= 4 is 34.0 Å². The van der Waals surface area contributed by atoms with Crippen LogP contribution in [0.4, 0.5) is 27.4 Å². The molecule has 180 valence electrons. The minimum absolute atomic E-state index is 0.0795. The second-order valence-electron chi connectivity index (χ2n) is 9.03. The van der Waals surface area contributed by atoms with Crippen LogP contribution in [0, 0.1) is 5.82 Å². The number of nitrogens with two attached hydrogens (primary N) is 1.